The monoisotopic (exact) mass is 304 g/mol. The van der Waals surface area contributed by atoms with Crippen molar-refractivity contribution in [1.29, 1.82) is 0 Å². The van der Waals surface area contributed by atoms with Gasteiger partial charge in [-0.25, -0.2) is 12.7 Å². The fourth-order valence-corrected chi connectivity index (χ4v) is 3.98. The van der Waals surface area contributed by atoms with Gasteiger partial charge in [-0.2, -0.15) is 0 Å². The second kappa shape index (κ2) is 5.69. The third kappa shape index (κ3) is 2.78. The molecular weight excluding hydrogens is 287 g/mol. The van der Waals surface area contributed by atoms with Gasteiger partial charge in [0.1, 0.15) is 7.85 Å². The first-order valence-corrected chi connectivity index (χ1v) is 8.41. The number of guanidine groups is 1. The molecule has 2 aliphatic rings. The lowest BCUT2D eigenvalue weighted by atomic mass is 9.97. The molecular formula is C13H17BN4O2S. The van der Waals surface area contributed by atoms with Gasteiger partial charge in [-0.3, -0.25) is 4.99 Å². The van der Waals surface area contributed by atoms with Crippen LogP contribution in [-0.2, 0) is 10.0 Å². The number of rotatable bonds is 2. The number of aliphatic imine (C=N–C) groups is 1. The van der Waals surface area contributed by atoms with Crippen LogP contribution in [0.15, 0.2) is 34.2 Å². The highest BCUT2D eigenvalue weighted by Gasteiger charge is 2.33. The van der Waals surface area contributed by atoms with Crippen LogP contribution in [0.1, 0.15) is 0 Å². The largest absolute Gasteiger partial charge is 0.339 e. The summed E-state index contributed by atoms with van der Waals surface area (Å²) in [6, 6.07) is 6.28. The van der Waals surface area contributed by atoms with Gasteiger partial charge in [0.15, 0.2) is 0 Å². The van der Waals surface area contributed by atoms with E-state index in [0.717, 1.165) is 26.2 Å². The van der Waals surface area contributed by atoms with Gasteiger partial charge < -0.3 is 10.2 Å². The van der Waals surface area contributed by atoms with Crippen LogP contribution in [0.2, 0.25) is 0 Å². The summed E-state index contributed by atoms with van der Waals surface area (Å²) < 4.78 is 26.9. The molecule has 21 heavy (non-hydrogen) atoms. The third-order valence-corrected chi connectivity index (χ3v) is 5.44. The molecule has 2 radical (unpaired) electrons. The zero-order valence-corrected chi connectivity index (χ0v) is 12.5. The molecule has 0 aliphatic carbocycles. The van der Waals surface area contributed by atoms with Gasteiger partial charge in [-0.15, -0.1) is 0 Å². The average molecular weight is 304 g/mol. The molecule has 1 N–H and O–H groups in total. The lowest BCUT2D eigenvalue weighted by Gasteiger charge is -2.33. The molecule has 2 heterocycles. The van der Waals surface area contributed by atoms with E-state index in [-0.39, 0.29) is 4.90 Å². The van der Waals surface area contributed by atoms with E-state index in [1.807, 2.05) is 4.90 Å². The Morgan fingerprint density at radius 2 is 1.76 bits per heavy atom. The smallest absolute Gasteiger partial charge is 0.266 e. The van der Waals surface area contributed by atoms with E-state index in [1.54, 1.807) is 24.3 Å². The van der Waals surface area contributed by atoms with Crippen LogP contribution in [0.3, 0.4) is 0 Å². The number of nitrogens with zero attached hydrogens (tertiary/aromatic N) is 3. The summed E-state index contributed by atoms with van der Waals surface area (Å²) in [5, 5.41) is 3.25. The molecule has 0 bridgehead atoms. The summed E-state index contributed by atoms with van der Waals surface area (Å²) in [5.74, 6) is 0.563. The summed E-state index contributed by atoms with van der Waals surface area (Å²) in [6.45, 7) is 4.13. The van der Waals surface area contributed by atoms with Crippen molar-refractivity contribution >= 4 is 29.3 Å². The molecule has 110 valence electrons. The van der Waals surface area contributed by atoms with Crippen molar-refractivity contribution in [3.63, 3.8) is 0 Å². The summed E-state index contributed by atoms with van der Waals surface area (Å²) in [5.41, 5.74) is 0.548. The van der Waals surface area contributed by atoms with Gasteiger partial charge in [-0.05, 0) is 12.1 Å². The van der Waals surface area contributed by atoms with Crippen molar-refractivity contribution in [2.45, 2.75) is 4.90 Å². The maximum Gasteiger partial charge on any atom is 0.266 e. The Balaban J connectivity index is 1.87. The van der Waals surface area contributed by atoms with Crippen LogP contribution < -0.4 is 10.8 Å². The van der Waals surface area contributed by atoms with E-state index in [2.05, 4.69) is 10.3 Å². The van der Waals surface area contributed by atoms with Crippen molar-refractivity contribution in [3.05, 3.63) is 24.3 Å². The number of hydrogen-bond donors (Lipinski definition) is 1. The summed E-state index contributed by atoms with van der Waals surface area (Å²) in [7, 11) is 2.05. The van der Waals surface area contributed by atoms with Crippen LogP contribution >= 0.6 is 0 Å². The molecule has 3 rings (SSSR count). The Kier molecular flexibility index (Phi) is 3.90. The van der Waals surface area contributed by atoms with E-state index in [9.17, 15) is 8.42 Å². The molecule has 2 aliphatic heterocycles. The maximum absolute atomic E-state index is 12.8. The first kappa shape index (κ1) is 14.4. The van der Waals surface area contributed by atoms with Crippen LogP contribution in [-0.4, -0.2) is 70.7 Å². The Morgan fingerprint density at radius 1 is 1.10 bits per heavy atom. The highest BCUT2D eigenvalue weighted by molar-refractivity contribution is 7.89. The molecule has 8 heteroatoms. The number of piperazine rings is 1. The maximum atomic E-state index is 12.8. The molecule has 1 saturated heterocycles. The van der Waals surface area contributed by atoms with Crippen LogP contribution in [0.5, 0.6) is 0 Å². The van der Waals surface area contributed by atoms with Gasteiger partial charge in [-0.1, -0.05) is 17.6 Å². The molecule has 0 amide bonds. The van der Waals surface area contributed by atoms with E-state index >= 15 is 0 Å². The second-order valence-electron chi connectivity index (χ2n) is 5.06. The third-order valence-electron chi connectivity index (χ3n) is 3.65. The number of hydrogen-bond acceptors (Lipinski definition) is 5. The Morgan fingerprint density at radius 3 is 2.43 bits per heavy atom. The zero-order chi connectivity index (χ0) is 14.9. The predicted octanol–water partition coefficient (Wildman–Crippen LogP) is -1.25. The fourth-order valence-electron chi connectivity index (χ4n) is 2.54. The lowest BCUT2D eigenvalue weighted by Crippen LogP contribution is -2.52. The van der Waals surface area contributed by atoms with Crippen molar-refractivity contribution in [3.8, 4) is 0 Å². The summed E-state index contributed by atoms with van der Waals surface area (Å²) in [6.07, 6.45) is 0. The van der Waals surface area contributed by atoms with Gasteiger partial charge in [0.05, 0.1) is 18.0 Å². The normalized spacial score (nSPS) is 19.7. The molecule has 0 spiro atoms. The SMILES string of the molecule is [B]c1ccc(S(=O)(=O)N2CCN=C2N2CCNCC2)cc1. The minimum absolute atomic E-state index is 0.251. The second-order valence-corrected chi connectivity index (χ2v) is 6.93. The minimum Gasteiger partial charge on any atom is -0.339 e. The van der Waals surface area contributed by atoms with E-state index in [1.165, 1.54) is 4.31 Å². The number of benzene rings is 1. The summed E-state index contributed by atoms with van der Waals surface area (Å²) >= 11 is 0. The standard InChI is InChI=1S/C13H17BN4O2S/c14-11-1-3-12(4-2-11)21(19,20)18-10-7-16-13(18)17-8-5-15-6-9-17/h1-4,15H,5-10H2. The van der Waals surface area contributed by atoms with Gasteiger partial charge in [0.2, 0.25) is 5.96 Å². The molecule has 6 nitrogen and oxygen atoms in total. The van der Waals surface area contributed by atoms with Crippen LogP contribution in [0.4, 0.5) is 0 Å². The molecule has 0 unspecified atom stereocenters. The van der Waals surface area contributed by atoms with Crippen LogP contribution in [0, 0.1) is 0 Å². The Hall–Kier alpha value is -1.54. The number of sulfonamides is 1. The molecule has 0 saturated carbocycles. The average Bonchev–Trinajstić information content (AvgIpc) is 2.99. The molecule has 1 aromatic rings. The Labute approximate surface area is 126 Å². The zero-order valence-electron chi connectivity index (χ0n) is 11.7. The van der Waals surface area contributed by atoms with E-state index in [4.69, 9.17) is 7.85 Å². The Bertz CT molecular complexity index is 639. The quantitative estimate of drug-likeness (QED) is 0.693. The van der Waals surface area contributed by atoms with Gasteiger partial charge >= 0.3 is 0 Å². The topological polar surface area (TPSA) is 65.0 Å². The first-order valence-electron chi connectivity index (χ1n) is 6.97. The fraction of sp³-hybridized carbons (Fsp3) is 0.462. The van der Waals surface area contributed by atoms with Crippen molar-refractivity contribution in [1.82, 2.24) is 14.5 Å². The van der Waals surface area contributed by atoms with Crippen molar-refractivity contribution in [2.24, 2.45) is 4.99 Å². The van der Waals surface area contributed by atoms with Crippen molar-refractivity contribution < 1.29 is 8.42 Å². The summed E-state index contributed by atoms with van der Waals surface area (Å²) in [4.78, 5) is 6.66. The molecule has 1 fully saturated rings. The van der Waals surface area contributed by atoms with Crippen LogP contribution in [0.25, 0.3) is 0 Å². The lowest BCUT2D eigenvalue weighted by molar-refractivity contribution is 0.334. The minimum atomic E-state index is -3.57. The molecule has 1 aromatic carbocycles. The van der Waals surface area contributed by atoms with Gasteiger partial charge in [0.25, 0.3) is 10.0 Å². The highest BCUT2D eigenvalue weighted by atomic mass is 32.2. The first-order chi connectivity index (χ1) is 10.1. The predicted molar refractivity (Wildman–Crippen MR) is 82.5 cm³/mol. The van der Waals surface area contributed by atoms with E-state index in [0.29, 0.717) is 24.5 Å². The molecule has 0 atom stereocenters. The highest BCUT2D eigenvalue weighted by Crippen LogP contribution is 2.19. The van der Waals surface area contributed by atoms with E-state index < -0.39 is 10.0 Å². The number of nitrogens with one attached hydrogen (secondary N) is 1. The van der Waals surface area contributed by atoms with Gasteiger partial charge in [0, 0.05) is 26.2 Å². The molecule has 0 aromatic heterocycles. The van der Waals surface area contributed by atoms with Crippen molar-refractivity contribution in [2.75, 3.05) is 39.3 Å².